The zero-order valence-corrected chi connectivity index (χ0v) is 14.4. The maximum Gasteiger partial charge on any atom is 0.246 e. The SMILES string of the molecule is CC(C)NC(=O)[C@@H]1CN(Cc2ccc3c(c2)OCO3)Cc2ccnn21. The lowest BCUT2D eigenvalue weighted by atomic mass is 10.1. The molecule has 3 heterocycles. The van der Waals surface area contributed by atoms with Gasteiger partial charge >= 0.3 is 0 Å². The van der Waals surface area contributed by atoms with E-state index in [2.05, 4.69) is 15.3 Å². The summed E-state index contributed by atoms with van der Waals surface area (Å²) in [6.07, 6.45) is 1.76. The first kappa shape index (κ1) is 16.0. The number of rotatable bonds is 4. The van der Waals surface area contributed by atoms with Crippen LogP contribution in [0.2, 0.25) is 0 Å². The van der Waals surface area contributed by atoms with Gasteiger partial charge in [0.05, 0.1) is 5.69 Å². The quantitative estimate of drug-likeness (QED) is 0.916. The summed E-state index contributed by atoms with van der Waals surface area (Å²) in [6.45, 7) is 6.35. The second-order valence-electron chi connectivity index (χ2n) is 6.80. The van der Waals surface area contributed by atoms with Gasteiger partial charge in [-0.2, -0.15) is 5.10 Å². The summed E-state index contributed by atoms with van der Waals surface area (Å²) in [5.74, 6) is 1.58. The highest BCUT2D eigenvalue weighted by Crippen LogP contribution is 2.33. The number of carbonyl (C=O) groups excluding carboxylic acids is 1. The summed E-state index contributed by atoms with van der Waals surface area (Å²) >= 11 is 0. The van der Waals surface area contributed by atoms with Gasteiger partial charge < -0.3 is 14.8 Å². The lowest BCUT2D eigenvalue weighted by molar-refractivity contribution is -0.126. The molecule has 0 saturated heterocycles. The van der Waals surface area contributed by atoms with Gasteiger partial charge in [-0.1, -0.05) is 6.07 Å². The average Bonchev–Trinajstić information content (AvgIpc) is 3.21. The van der Waals surface area contributed by atoms with Crippen molar-refractivity contribution in [3.63, 3.8) is 0 Å². The molecule has 2 aromatic rings. The van der Waals surface area contributed by atoms with Crippen LogP contribution in [0.15, 0.2) is 30.5 Å². The average molecular weight is 342 g/mol. The third kappa shape index (κ3) is 3.19. The van der Waals surface area contributed by atoms with Crippen molar-refractivity contribution in [2.24, 2.45) is 0 Å². The van der Waals surface area contributed by atoms with Gasteiger partial charge in [-0.05, 0) is 37.6 Å². The monoisotopic (exact) mass is 342 g/mol. The number of benzene rings is 1. The van der Waals surface area contributed by atoms with Crippen LogP contribution in [-0.2, 0) is 17.9 Å². The molecule has 0 aliphatic carbocycles. The van der Waals surface area contributed by atoms with Crippen LogP contribution in [-0.4, -0.2) is 40.0 Å². The number of fused-ring (bicyclic) bond motifs is 2. The molecular weight excluding hydrogens is 320 g/mol. The van der Waals surface area contributed by atoms with Gasteiger partial charge in [-0.3, -0.25) is 14.4 Å². The van der Waals surface area contributed by atoms with Crippen molar-refractivity contribution in [2.45, 2.75) is 39.0 Å². The van der Waals surface area contributed by atoms with Gasteiger partial charge in [0.15, 0.2) is 11.5 Å². The van der Waals surface area contributed by atoms with Crippen LogP contribution in [0.4, 0.5) is 0 Å². The van der Waals surface area contributed by atoms with Crippen molar-refractivity contribution in [1.29, 1.82) is 0 Å². The highest BCUT2D eigenvalue weighted by molar-refractivity contribution is 5.81. The number of nitrogens with one attached hydrogen (secondary N) is 1. The summed E-state index contributed by atoms with van der Waals surface area (Å²) in [4.78, 5) is 14.8. The molecule has 0 unspecified atom stereocenters. The van der Waals surface area contributed by atoms with Crippen molar-refractivity contribution in [1.82, 2.24) is 20.0 Å². The van der Waals surface area contributed by atoms with E-state index in [0.717, 1.165) is 35.8 Å². The number of carbonyl (C=O) groups is 1. The van der Waals surface area contributed by atoms with Gasteiger partial charge in [0.2, 0.25) is 12.7 Å². The van der Waals surface area contributed by atoms with E-state index in [0.29, 0.717) is 6.54 Å². The van der Waals surface area contributed by atoms with Crippen LogP contribution in [0.5, 0.6) is 11.5 Å². The molecule has 0 bridgehead atoms. The van der Waals surface area contributed by atoms with E-state index >= 15 is 0 Å². The molecule has 7 nitrogen and oxygen atoms in total. The lowest BCUT2D eigenvalue weighted by Crippen LogP contribution is -2.46. The Morgan fingerprint density at radius 2 is 2.16 bits per heavy atom. The van der Waals surface area contributed by atoms with Crippen molar-refractivity contribution >= 4 is 5.91 Å². The maximum absolute atomic E-state index is 12.6. The Bertz CT molecular complexity index is 786. The minimum Gasteiger partial charge on any atom is -0.454 e. The molecule has 2 aliphatic rings. The third-order valence-corrected chi connectivity index (χ3v) is 4.44. The molecule has 1 amide bonds. The van der Waals surface area contributed by atoms with E-state index in [1.165, 1.54) is 0 Å². The fourth-order valence-electron chi connectivity index (χ4n) is 3.36. The fourth-order valence-corrected chi connectivity index (χ4v) is 3.36. The van der Waals surface area contributed by atoms with Crippen molar-refractivity contribution in [2.75, 3.05) is 13.3 Å². The zero-order chi connectivity index (χ0) is 17.4. The summed E-state index contributed by atoms with van der Waals surface area (Å²) in [7, 11) is 0. The van der Waals surface area contributed by atoms with Gasteiger partial charge in [0, 0.05) is 31.9 Å². The first-order chi connectivity index (χ1) is 12.1. The molecule has 1 atom stereocenters. The summed E-state index contributed by atoms with van der Waals surface area (Å²) < 4.78 is 12.7. The standard InChI is InChI=1S/C18H22N4O3/c1-12(2)20-18(23)15-10-21(9-14-5-6-19-22(14)15)8-13-3-4-16-17(7-13)25-11-24-16/h3-7,12,15H,8-11H2,1-2H3,(H,20,23)/t15-/m0/s1. The summed E-state index contributed by atoms with van der Waals surface area (Å²) in [6, 6.07) is 7.77. The molecule has 0 radical (unpaired) electrons. The maximum atomic E-state index is 12.6. The van der Waals surface area contributed by atoms with Crippen molar-refractivity contribution in [3.8, 4) is 11.5 Å². The number of hydrogen-bond acceptors (Lipinski definition) is 5. The molecular formula is C18H22N4O3. The molecule has 1 aromatic carbocycles. The third-order valence-electron chi connectivity index (χ3n) is 4.44. The van der Waals surface area contributed by atoms with Crippen molar-refractivity contribution < 1.29 is 14.3 Å². The van der Waals surface area contributed by atoms with Gasteiger partial charge in [-0.15, -0.1) is 0 Å². The van der Waals surface area contributed by atoms with E-state index in [1.807, 2.05) is 42.8 Å². The molecule has 1 N–H and O–H groups in total. The fraction of sp³-hybridized carbons (Fsp3) is 0.444. The molecule has 1 aromatic heterocycles. The number of aromatic nitrogens is 2. The highest BCUT2D eigenvalue weighted by atomic mass is 16.7. The Labute approximate surface area is 146 Å². The van der Waals surface area contributed by atoms with E-state index in [9.17, 15) is 4.79 Å². The Morgan fingerprint density at radius 1 is 1.32 bits per heavy atom. The number of ether oxygens (including phenoxy) is 2. The minimum atomic E-state index is -0.310. The number of hydrogen-bond donors (Lipinski definition) is 1. The van der Waals surface area contributed by atoms with Crippen molar-refractivity contribution in [3.05, 3.63) is 41.7 Å². The molecule has 2 aliphatic heterocycles. The first-order valence-corrected chi connectivity index (χ1v) is 8.54. The minimum absolute atomic E-state index is 0.00957. The first-order valence-electron chi connectivity index (χ1n) is 8.54. The second-order valence-corrected chi connectivity index (χ2v) is 6.80. The van der Waals surface area contributed by atoms with Crippen LogP contribution < -0.4 is 14.8 Å². The predicted octanol–water partition coefficient (Wildman–Crippen LogP) is 1.69. The van der Waals surface area contributed by atoms with Gasteiger partial charge in [0.25, 0.3) is 0 Å². The summed E-state index contributed by atoms with van der Waals surface area (Å²) in [5.41, 5.74) is 2.19. The van der Waals surface area contributed by atoms with Crippen LogP contribution in [0.1, 0.15) is 31.1 Å². The Balaban J connectivity index is 1.52. The van der Waals surface area contributed by atoms with E-state index in [1.54, 1.807) is 6.20 Å². The molecule has 7 heteroatoms. The molecule has 4 rings (SSSR count). The van der Waals surface area contributed by atoms with Gasteiger partial charge in [0.1, 0.15) is 6.04 Å². The normalized spacial score (nSPS) is 19.1. The van der Waals surface area contributed by atoms with Gasteiger partial charge in [-0.25, -0.2) is 0 Å². The van der Waals surface area contributed by atoms with E-state index < -0.39 is 0 Å². The second kappa shape index (κ2) is 6.40. The van der Waals surface area contributed by atoms with Crippen LogP contribution in [0.25, 0.3) is 0 Å². The molecule has 0 saturated carbocycles. The Hall–Kier alpha value is -2.54. The molecule has 132 valence electrons. The topological polar surface area (TPSA) is 68.6 Å². The van der Waals surface area contributed by atoms with Crippen LogP contribution in [0, 0.1) is 0 Å². The molecule has 0 fully saturated rings. The summed E-state index contributed by atoms with van der Waals surface area (Å²) in [5, 5.41) is 7.35. The Morgan fingerprint density at radius 3 is 3.00 bits per heavy atom. The number of nitrogens with zero attached hydrogens (tertiary/aromatic N) is 3. The molecule has 0 spiro atoms. The Kier molecular flexibility index (Phi) is 4.09. The van der Waals surface area contributed by atoms with E-state index in [4.69, 9.17) is 9.47 Å². The smallest absolute Gasteiger partial charge is 0.246 e. The highest BCUT2D eigenvalue weighted by Gasteiger charge is 2.31. The van der Waals surface area contributed by atoms with Crippen LogP contribution >= 0.6 is 0 Å². The van der Waals surface area contributed by atoms with E-state index in [-0.39, 0.29) is 24.8 Å². The lowest BCUT2D eigenvalue weighted by Gasteiger charge is -2.33. The largest absolute Gasteiger partial charge is 0.454 e. The zero-order valence-electron chi connectivity index (χ0n) is 14.4. The molecule has 25 heavy (non-hydrogen) atoms. The number of amides is 1. The predicted molar refractivity (Wildman–Crippen MR) is 91.2 cm³/mol. The van der Waals surface area contributed by atoms with Crippen LogP contribution in [0.3, 0.4) is 0 Å².